The van der Waals surface area contributed by atoms with Crippen molar-refractivity contribution >= 4 is 17.6 Å². The number of guanidine groups is 1. The van der Waals surface area contributed by atoms with Crippen LogP contribution >= 0.6 is 11.6 Å². The molecule has 0 radical (unpaired) electrons. The van der Waals surface area contributed by atoms with Crippen molar-refractivity contribution in [2.45, 2.75) is 38.9 Å². The van der Waals surface area contributed by atoms with Gasteiger partial charge in [-0.05, 0) is 37.5 Å². The first-order valence-corrected chi connectivity index (χ1v) is 9.51. The average Bonchev–Trinajstić information content (AvgIpc) is 3.17. The van der Waals surface area contributed by atoms with E-state index in [-0.39, 0.29) is 0 Å². The Morgan fingerprint density at radius 2 is 2.04 bits per heavy atom. The van der Waals surface area contributed by atoms with E-state index in [2.05, 4.69) is 44.7 Å². The predicted octanol–water partition coefficient (Wildman–Crippen LogP) is 3.05. The van der Waals surface area contributed by atoms with E-state index >= 15 is 0 Å². The lowest BCUT2D eigenvalue weighted by atomic mass is 10.0. The lowest BCUT2D eigenvalue weighted by Crippen LogP contribution is -2.48. The van der Waals surface area contributed by atoms with Gasteiger partial charge in [0, 0.05) is 43.3 Å². The van der Waals surface area contributed by atoms with E-state index in [1.165, 1.54) is 5.56 Å². The number of halogens is 1. The Labute approximate surface area is 159 Å². The van der Waals surface area contributed by atoms with Crippen molar-refractivity contribution in [1.82, 2.24) is 20.7 Å². The van der Waals surface area contributed by atoms with Crippen LogP contribution in [0.5, 0.6) is 0 Å². The summed E-state index contributed by atoms with van der Waals surface area (Å²) in [5, 5.41) is 11.5. The molecular formula is C19H26ClN5O. The van der Waals surface area contributed by atoms with Crippen molar-refractivity contribution in [1.29, 1.82) is 0 Å². The van der Waals surface area contributed by atoms with E-state index in [0.29, 0.717) is 12.6 Å². The van der Waals surface area contributed by atoms with Crippen LogP contribution in [0.1, 0.15) is 31.0 Å². The molecule has 1 aliphatic rings. The van der Waals surface area contributed by atoms with Crippen LogP contribution in [0.2, 0.25) is 5.02 Å². The molecule has 1 aromatic heterocycles. The smallest absolute Gasteiger partial charge is 0.191 e. The highest BCUT2D eigenvalue weighted by molar-refractivity contribution is 6.30. The molecule has 3 rings (SSSR count). The molecule has 0 saturated carbocycles. The molecule has 1 aromatic carbocycles. The standard InChI is InChI=1S/C19H26ClN5O/c1-2-21-19(22-13-18-9-12-26-24-18)23-17-7-10-25(11-8-17)14-15-3-5-16(20)6-4-15/h3-6,9,12,17H,2,7-8,10-11,13-14H2,1H3,(H2,21,22,23). The zero-order chi connectivity index (χ0) is 18.2. The van der Waals surface area contributed by atoms with Gasteiger partial charge in [0.1, 0.15) is 12.0 Å². The average molecular weight is 376 g/mol. The van der Waals surface area contributed by atoms with E-state index < -0.39 is 0 Å². The molecular weight excluding hydrogens is 350 g/mol. The van der Waals surface area contributed by atoms with Crippen molar-refractivity contribution in [3.63, 3.8) is 0 Å². The SMILES string of the molecule is CCNC(=NCc1ccon1)NC1CCN(Cc2ccc(Cl)cc2)CC1. The molecule has 0 aliphatic carbocycles. The fourth-order valence-corrected chi connectivity index (χ4v) is 3.20. The summed E-state index contributed by atoms with van der Waals surface area (Å²) in [4.78, 5) is 7.08. The van der Waals surface area contributed by atoms with Gasteiger partial charge in [-0.15, -0.1) is 0 Å². The minimum atomic E-state index is 0.437. The van der Waals surface area contributed by atoms with Crippen molar-refractivity contribution in [3.05, 3.63) is 52.9 Å². The van der Waals surface area contributed by atoms with Crippen LogP contribution in [0, 0.1) is 0 Å². The third-order valence-corrected chi connectivity index (χ3v) is 4.73. The number of aliphatic imine (C=N–C) groups is 1. The normalized spacial score (nSPS) is 16.6. The molecule has 1 fully saturated rings. The second kappa shape index (κ2) is 9.59. The molecule has 6 nitrogen and oxygen atoms in total. The maximum absolute atomic E-state index is 5.96. The van der Waals surface area contributed by atoms with Crippen LogP contribution in [0.25, 0.3) is 0 Å². The Balaban J connectivity index is 1.46. The second-order valence-electron chi connectivity index (χ2n) is 6.51. The Morgan fingerprint density at radius 3 is 2.69 bits per heavy atom. The fraction of sp³-hybridized carbons (Fsp3) is 0.474. The fourth-order valence-electron chi connectivity index (χ4n) is 3.08. The lowest BCUT2D eigenvalue weighted by molar-refractivity contribution is 0.198. The van der Waals surface area contributed by atoms with Crippen molar-refractivity contribution in [3.8, 4) is 0 Å². The summed E-state index contributed by atoms with van der Waals surface area (Å²) >= 11 is 5.96. The molecule has 0 spiro atoms. The number of aromatic nitrogens is 1. The predicted molar refractivity (Wildman–Crippen MR) is 104 cm³/mol. The number of hydrogen-bond acceptors (Lipinski definition) is 4. The molecule has 140 valence electrons. The largest absolute Gasteiger partial charge is 0.364 e. The molecule has 2 N–H and O–H groups in total. The number of likely N-dealkylation sites (tertiary alicyclic amines) is 1. The van der Waals surface area contributed by atoms with Crippen LogP contribution < -0.4 is 10.6 Å². The van der Waals surface area contributed by atoms with E-state index in [0.717, 1.165) is 55.7 Å². The van der Waals surface area contributed by atoms with E-state index in [1.807, 2.05) is 18.2 Å². The van der Waals surface area contributed by atoms with Crippen molar-refractivity contribution < 1.29 is 4.52 Å². The van der Waals surface area contributed by atoms with Gasteiger partial charge in [0.15, 0.2) is 5.96 Å². The first-order chi connectivity index (χ1) is 12.7. The number of hydrogen-bond donors (Lipinski definition) is 2. The lowest BCUT2D eigenvalue weighted by Gasteiger charge is -2.33. The molecule has 26 heavy (non-hydrogen) atoms. The van der Waals surface area contributed by atoms with Gasteiger partial charge < -0.3 is 15.2 Å². The molecule has 0 bridgehead atoms. The summed E-state index contributed by atoms with van der Waals surface area (Å²) in [6, 6.07) is 10.4. The number of piperidine rings is 1. The van der Waals surface area contributed by atoms with Gasteiger partial charge in [-0.25, -0.2) is 4.99 Å². The quantitative estimate of drug-likeness (QED) is 0.600. The highest BCUT2D eigenvalue weighted by Crippen LogP contribution is 2.16. The first kappa shape index (κ1) is 18.7. The van der Waals surface area contributed by atoms with Gasteiger partial charge in [-0.3, -0.25) is 4.90 Å². The number of benzene rings is 1. The van der Waals surface area contributed by atoms with Crippen LogP contribution in [0.4, 0.5) is 0 Å². The minimum Gasteiger partial charge on any atom is -0.364 e. The van der Waals surface area contributed by atoms with Gasteiger partial charge in [0.05, 0.1) is 6.54 Å². The van der Waals surface area contributed by atoms with Gasteiger partial charge >= 0.3 is 0 Å². The summed E-state index contributed by atoms with van der Waals surface area (Å²) < 4.78 is 4.85. The molecule has 2 aromatic rings. The zero-order valence-corrected chi connectivity index (χ0v) is 15.9. The van der Waals surface area contributed by atoms with Crippen LogP contribution in [-0.2, 0) is 13.1 Å². The summed E-state index contributed by atoms with van der Waals surface area (Å²) in [5.41, 5.74) is 2.14. The first-order valence-electron chi connectivity index (χ1n) is 9.14. The molecule has 0 unspecified atom stereocenters. The molecule has 1 aliphatic heterocycles. The summed E-state index contributed by atoms with van der Waals surface area (Å²) in [6.45, 7) is 6.54. The maximum atomic E-state index is 5.96. The van der Waals surface area contributed by atoms with E-state index in [1.54, 1.807) is 6.26 Å². The third-order valence-electron chi connectivity index (χ3n) is 4.48. The number of rotatable bonds is 6. The summed E-state index contributed by atoms with van der Waals surface area (Å²) in [7, 11) is 0. The van der Waals surface area contributed by atoms with Crippen molar-refractivity contribution in [2.75, 3.05) is 19.6 Å². The van der Waals surface area contributed by atoms with Gasteiger partial charge in [-0.2, -0.15) is 0 Å². The van der Waals surface area contributed by atoms with E-state index in [9.17, 15) is 0 Å². The number of nitrogens with zero attached hydrogens (tertiary/aromatic N) is 3. The van der Waals surface area contributed by atoms with Crippen LogP contribution in [-0.4, -0.2) is 41.7 Å². The summed E-state index contributed by atoms with van der Waals surface area (Å²) in [6.07, 6.45) is 3.77. The highest BCUT2D eigenvalue weighted by Gasteiger charge is 2.20. The minimum absolute atomic E-state index is 0.437. The maximum Gasteiger partial charge on any atom is 0.191 e. The Bertz CT molecular complexity index is 678. The van der Waals surface area contributed by atoms with E-state index in [4.69, 9.17) is 16.1 Å². The van der Waals surface area contributed by atoms with Gasteiger partial charge in [0.25, 0.3) is 0 Å². The Kier molecular flexibility index (Phi) is 6.91. The van der Waals surface area contributed by atoms with Crippen LogP contribution in [0.15, 0.2) is 46.1 Å². The summed E-state index contributed by atoms with van der Waals surface area (Å²) in [5.74, 6) is 0.839. The van der Waals surface area contributed by atoms with Crippen molar-refractivity contribution in [2.24, 2.45) is 4.99 Å². The Morgan fingerprint density at radius 1 is 1.27 bits per heavy atom. The Hall–Kier alpha value is -2.05. The molecule has 7 heteroatoms. The molecule has 2 heterocycles. The van der Waals surface area contributed by atoms with Crippen LogP contribution in [0.3, 0.4) is 0 Å². The molecule has 0 atom stereocenters. The topological polar surface area (TPSA) is 65.7 Å². The zero-order valence-electron chi connectivity index (χ0n) is 15.1. The molecule has 0 amide bonds. The van der Waals surface area contributed by atoms with Gasteiger partial charge in [0.2, 0.25) is 0 Å². The van der Waals surface area contributed by atoms with Gasteiger partial charge in [-0.1, -0.05) is 28.9 Å². The third kappa shape index (κ3) is 5.75. The highest BCUT2D eigenvalue weighted by atomic mass is 35.5. The second-order valence-corrected chi connectivity index (χ2v) is 6.94. The number of nitrogens with one attached hydrogen (secondary N) is 2. The monoisotopic (exact) mass is 375 g/mol. The molecule has 1 saturated heterocycles.